The van der Waals surface area contributed by atoms with Crippen molar-refractivity contribution in [3.63, 3.8) is 0 Å². The van der Waals surface area contributed by atoms with E-state index in [-0.39, 0.29) is 11.5 Å². The average Bonchev–Trinajstić information content (AvgIpc) is 3.06. The van der Waals surface area contributed by atoms with Gasteiger partial charge in [0.2, 0.25) is 11.6 Å². The molecule has 0 saturated carbocycles. The Kier molecular flexibility index (Phi) is 4.28. The molecule has 2 aliphatic heterocycles. The number of ether oxygens (including phenoxy) is 2. The molecule has 2 heterocycles. The highest BCUT2D eigenvalue weighted by molar-refractivity contribution is 6.23. The zero-order valence-electron chi connectivity index (χ0n) is 23.1. The maximum atomic E-state index is 14.7. The predicted octanol–water partition coefficient (Wildman–Crippen LogP) is 6.75. The Hall–Kier alpha value is -5.30. The van der Waals surface area contributed by atoms with Crippen molar-refractivity contribution in [2.24, 2.45) is 0 Å². The minimum atomic E-state index is -2.39. The summed E-state index contributed by atoms with van der Waals surface area (Å²) < 4.78 is 12.8. The molecule has 4 atom stereocenters. The molecule has 2 N–H and O–H groups in total. The van der Waals surface area contributed by atoms with Crippen LogP contribution in [-0.2, 0) is 0 Å². The van der Waals surface area contributed by atoms with E-state index in [1.54, 1.807) is 12.1 Å². The highest BCUT2D eigenvalue weighted by Crippen LogP contribution is 2.66. The topological polar surface area (TPSA) is 93.1 Å². The third-order valence-corrected chi connectivity index (χ3v) is 9.98. The van der Waals surface area contributed by atoms with Crippen molar-refractivity contribution < 1.29 is 29.3 Å². The summed E-state index contributed by atoms with van der Waals surface area (Å²) in [6.07, 6.45) is 0. The van der Waals surface area contributed by atoms with Crippen molar-refractivity contribution >= 4 is 33.1 Å². The summed E-state index contributed by atoms with van der Waals surface area (Å²) in [5.41, 5.74) is 4.74. The molecule has 0 bridgehead atoms. The van der Waals surface area contributed by atoms with Gasteiger partial charge in [-0.05, 0) is 45.2 Å². The lowest BCUT2D eigenvalue weighted by molar-refractivity contribution is -0.193. The minimum absolute atomic E-state index is 0.242. The lowest BCUT2D eigenvalue weighted by atomic mass is 9.59. The number of rotatable bonds is 2. The predicted molar refractivity (Wildman–Crippen MR) is 164 cm³/mol. The molecular formula is C38H22O6. The fraction of sp³-hybridized carbons (Fsp3) is 0.105. The van der Waals surface area contributed by atoms with Crippen LogP contribution >= 0.6 is 0 Å². The molecule has 6 heteroatoms. The largest absolute Gasteiger partial charge is 0.454 e. The van der Waals surface area contributed by atoms with Gasteiger partial charge in [0.15, 0.2) is 0 Å². The van der Waals surface area contributed by atoms with E-state index in [0.717, 1.165) is 21.9 Å². The first-order valence-electron chi connectivity index (χ1n) is 14.6. The first kappa shape index (κ1) is 24.2. The molecule has 0 unspecified atom stereocenters. The molecule has 4 aliphatic rings. The Morgan fingerprint density at radius 2 is 0.886 bits per heavy atom. The number of aliphatic hydroxyl groups is 2. The van der Waals surface area contributed by atoms with Gasteiger partial charge in [0.05, 0.1) is 11.8 Å². The number of Topliss-reactive ketones (excluding diaryl/α,β-unsaturated/α-hetero) is 2. The molecule has 2 aliphatic carbocycles. The maximum absolute atomic E-state index is 14.7. The van der Waals surface area contributed by atoms with E-state index in [1.807, 2.05) is 97.1 Å². The van der Waals surface area contributed by atoms with E-state index < -0.39 is 35.0 Å². The second-order valence-electron chi connectivity index (χ2n) is 12.1. The summed E-state index contributed by atoms with van der Waals surface area (Å²) >= 11 is 0. The monoisotopic (exact) mass is 574 g/mol. The van der Waals surface area contributed by atoms with Gasteiger partial charge in [-0.3, -0.25) is 9.59 Å². The van der Waals surface area contributed by atoms with E-state index in [0.29, 0.717) is 44.2 Å². The van der Waals surface area contributed by atoms with Crippen molar-refractivity contribution in [2.45, 2.75) is 23.4 Å². The SMILES string of the molecule is O=C1c2c(-c3ccccc3)ccc3ccc4c(c23)[C@H]2[C@@H]3c5c(ccc6ccc(-c7ccccc7)c(c56)C(=O)[C@]3(O)O4)O[C@@]12O. The first-order valence-corrected chi connectivity index (χ1v) is 14.6. The summed E-state index contributed by atoms with van der Waals surface area (Å²) in [7, 11) is 0. The van der Waals surface area contributed by atoms with Crippen LogP contribution < -0.4 is 9.47 Å². The van der Waals surface area contributed by atoms with Gasteiger partial charge in [-0.2, -0.15) is 0 Å². The summed E-state index contributed by atoms with van der Waals surface area (Å²) in [6, 6.07) is 33.8. The Morgan fingerprint density at radius 3 is 1.30 bits per heavy atom. The van der Waals surface area contributed by atoms with Gasteiger partial charge in [-0.1, -0.05) is 97.1 Å². The third-order valence-electron chi connectivity index (χ3n) is 9.98. The summed E-state index contributed by atoms with van der Waals surface area (Å²) in [5, 5.41) is 27.9. The number of hydrogen-bond donors (Lipinski definition) is 2. The normalized spacial score (nSPS) is 25.2. The van der Waals surface area contributed by atoms with Crippen LogP contribution in [0.3, 0.4) is 0 Å². The second kappa shape index (κ2) is 7.80. The maximum Gasteiger partial charge on any atom is 0.280 e. The molecule has 210 valence electrons. The third kappa shape index (κ3) is 2.66. The Balaban J connectivity index is 1.35. The molecule has 6 aromatic rings. The van der Waals surface area contributed by atoms with Gasteiger partial charge in [0.1, 0.15) is 11.5 Å². The van der Waals surface area contributed by atoms with E-state index in [2.05, 4.69) is 0 Å². The van der Waals surface area contributed by atoms with Crippen molar-refractivity contribution in [2.75, 3.05) is 0 Å². The number of ketones is 2. The lowest BCUT2D eigenvalue weighted by Gasteiger charge is -2.55. The molecule has 44 heavy (non-hydrogen) atoms. The summed E-state index contributed by atoms with van der Waals surface area (Å²) in [6.45, 7) is 0. The summed E-state index contributed by atoms with van der Waals surface area (Å²) in [4.78, 5) is 29.3. The van der Waals surface area contributed by atoms with Crippen molar-refractivity contribution in [3.05, 3.63) is 131 Å². The van der Waals surface area contributed by atoms with Crippen LogP contribution in [0.5, 0.6) is 11.5 Å². The highest BCUT2D eigenvalue weighted by atomic mass is 16.6. The average molecular weight is 575 g/mol. The van der Waals surface area contributed by atoms with E-state index in [1.165, 1.54) is 0 Å². The minimum Gasteiger partial charge on any atom is -0.454 e. The molecule has 10 rings (SSSR count). The Bertz CT molecular complexity index is 2150. The van der Waals surface area contributed by atoms with Gasteiger partial charge >= 0.3 is 0 Å². The summed E-state index contributed by atoms with van der Waals surface area (Å²) in [5.74, 6) is -7.70. The highest BCUT2D eigenvalue weighted by Gasteiger charge is 2.70. The van der Waals surface area contributed by atoms with Crippen LogP contribution in [0.2, 0.25) is 0 Å². The standard InChI is InChI=1S/C38H22O6/c39-35-29-23(19-7-3-1-4-8-19)15-11-21-13-17-25-31(27(21)29)33-34-32-26(43-37(33,35)41)18-14-22-12-16-24(20-9-5-2-6-10-20)30(28(22)32)36(40)38(34,42)44-25/h1-18,33-34,41-42H/t33-,34-,37+,38+/m0/s1. The van der Waals surface area contributed by atoms with Crippen molar-refractivity contribution in [1.82, 2.24) is 0 Å². The molecule has 0 amide bonds. The first-order chi connectivity index (χ1) is 21.4. The van der Waals surface area contributed by atoms with Crippen LogP contribution in [0.25, 0.3) is 43.8 Å². The molecule has 6 nitrogen and oxygen atoms in total. The number of hydrogen-bond acceptors (Lipinski definition) is 6. The second-order valence-corrected chi connectivity index (χ2v) is 12.1. The Labute approximate surface area is 250 Å². The van der Waals surface area contributed by atoms with Gasteiger partial charge < -0.3 is 19.7 Å². The van der Waals surface area contributed by atoms with E-state index >= 15 is 0 Å². The zero-order chi connectivity index (χ0) is 29.5. The molecule has 0 radical (unpaired) electrons. The van der Waals surface area contributed by atoms with E-state index in [4.69, 9.17) is 9.47 Å². The van der Waals surface area contributed by atoms with Crippen LogP contribution in [0.4, 0.5) is 0 Å². The number of carbonyl (C=O) groups excluding carboxylic acids is 2. The van der Waals surface area contributed by atoms with Crippen molar-refractivity contribution in [3.8, 4) is 33.8 Å². The lowest BCUT2D eigenvalue weighted by Crippen LogP contribution is -2.65. The van der Waals surface area contributed by atoms with Crippen LogP contribution in [0.15, 0.2) is 109 Å². The van der Waals surface area contributed by atoms with Gasteiger partial charge in [0.25, 0.3) is 11.6 Å². The molecule has 6 aromatic carbocycles. The Morgan fingerprint density at radius 1 is 0.500 bits per heavy atom. The molecule has 0 saturated heterocycles. The van der Waals surface area contributed by atoms with Crippen molar-refractivity contribution in [1.29, 1.82) is 0 Å². The fourth-order valence-electron chi connectivity index (χ4n) is 8.21. The van der Waals surface area contributed by atoms with Gasteiger partial charge in [0, 0.05) is 33.0 Å². The molecular weight excluding hydrogens is 552 g/mol. The smallest absolute Gasteiger partial charge is 0.280 e. The van der Waals surface area contributed by atoms with Crippen LogP contribution in [0.1, 0.15) is 43.7 Å². The number of carbonyl (C=O) groups is 2. The fourth-order valence-corrected chi connectivity index (χ4v) is 8.21. The number of benzene rings is 6. The molecule has 0 spiro atoms. The van der Waals surface area contributed by atoms with Gasteiger partial charge in [-0.15, -0.1) is 0 Å². The van der Waals surface area contributed by atoms with Crippen LogP contribution in [-0.4, -0.2) is 33.4 Å². The van der Waals surface area contributed by atoms with E-state index in [9.17, 15) is 19.8 Å². The zero-order valence-corrected chi connectivity index (χ0v) is 23.1. The molecule has 0 fully saturated rings. The van der Waals surface area contributed by atoms with Crippen LogP contribution in [0, 0.1) is 0 Å². The molecule has 0 aromatic heterocycles. The van der Waals surface area contributed by atoms with Gasteiger partial charge in [-0.25, -0.2) is 0 Å². The quantitative estimate of drug-likeness (QED) is 0.238.